The Morgan fingerprint density at radius 1 is 0.909 bits per heavy atom. The minimum absolute atomic E-state index is 0.0356. The van der Waals surface area contributed by atoms with Gasteiger partial charge >= 0.3 is 0 Å². The maximum atomic E-state index is 12.5. The van der Waals surface area contributed by atoms with Gasteiger partial charge in [-0.2, -0.15) is 0 Å². The quantitative estimate of drug-likeness (QED) is 0.608. The molecule has 0 amide bonds. The van der Waals surface area contributed by atoms with Crippen LogP contribution in [-0.4, -0.2) is 28.4 Å². The summed E-state index contributed by atoms with van der Waals surface area (Å²) in [6, 6.07) is 7.61. The number of ketones is 2. The van der Waals surface area contributed by atoms with E-state index in [-0.39, 0.29) is 34.9 Å². The predicted octanol–water partition coefficient (Wildman–Crippen LogP) is 5.30. The molecule has 1 aromatic carbocycles. The van der Waals surface area contributed by atoms with Crippen LogP contribution in [0.15, 0.2) is 24.3 Å². The van der Waals surface area contributed by atoms with Gasteiger partial charge in [-0.1, -0.05) is 38.1 Å². The predicted molar refractivity (Wildman–Crippen MR) is 128 cm³/mol. The second-order valence-electron chi connectivity index (χ2n) is 12.3. The first kappa shape index (κ1) is 23.2. The largest absolute Gasteiger partial charge is 0.389 e. The molecular weight excluding hydrogens is 412 g/mol. The number of hydrogen-bond acceptors (Lipinski definition) is 4. The minimum atomic E-state index is -0.804. The summed E-state index contributed by atoms with van der Waals surface area (Å²) in [5, 5.41) is 21.2. The molecule has 0 radical (unpaired) electrons. The number of carbonyl (C=O) groups excluding carboxylic acids is 2. The molecular formula is C29H40O4. The van der Waals surface area contributed by atoms with Crippen LogP contribution in [0.25, 0.3) is 0 Å². The van der Waals surface area contributed by atoms with E-state index in [4.69, 9.17) is 0 Å². The Hall–Kier alpha value is -1.52. The average molecular weight is 453 g/mol. The third-order valence-corrected chi connectivity index (χ3v) is 11.1. The fourth-order valence-corrected chi connectivity index (χ4v) is 9.16. The van der Waals surface area contributed by atoms with E-state index in [1.807, 2.05) is 24.3 Å². The topological polar surface area (TPSA) is 74.6 Å². The molecule has 5 rings (SSSR count). The summed E-state index contributed by atoms with van der Waals surface area (Å²) in [6.07, 6.45) is 9.30. The summed E-state index contributed by atoms with van der Waals surface area (Å²) in [4.78, 5) is 24.2. The zero-order chi connectivity index (χ0) is 23.6. The van der Waals surface area contributed by atoms with E-state index in [9.17, 15) is 19.8 Å². The monoisotopic (exact) mass is 452 g/mol. The SMILES string of the molecule is CC(=O)c1ccc([C@@]2(O)CC[C@@]3(C)[C@H](CC[C@@H]4[C@@H]3CC[C@]3(C)[C@@H](C(=O)CO)CC[C@@H]43)C2)cc1. The van der Waals surface area contributed by atoms with Gasteiger partial charge in [0.15, 0.2) is 11.6 Å². The summed E-state index contributed by atoms with van der Waals surface area (Å²) in [7, 11) is 0. The van der Waals surface area contributed by atoms with Gasteiger partial charge in [-0.3, -0.25) is 9.59 Å². The number of aliphatic hydroxyl groups is 2. The summed E-state index contributed by atoms with van der Waals surface area (Å²) < 4.78 is 0. The van der Waals surface area contributed by atoms with Gasteiger partial charge in [0.05, 0.1) is 5.60 Å². The average Bonchev–Trinajstić information content (AvgIpc) is 3.16. The third-order valence-electron chi connectivity index (χ3n) is 11.1. The number of benzene rings is 1. The molecule has 0 spiro atoms. The van der Waals surface area contributed by atoms with E-state index < -0.39 is 5.60 Å². The first-order valence-electron chi connectivity index (χ1n) is 13.1. The van der Waals surface area contributed by atoms with Crippen molar-refractivity contribution < 1.29 is 19.8 Å². The molecule has 0 aromatic heterocycles. The lowest BCUT2D eigenvalue weighted by atomic mass is 9.43. The number of aliphatic hydroxyl groups excluding tert-OH is 1. The van der Waals surface area contributed by atoms with Crippen molar-refractivity contribution in [2.24, 2.45) is 40.4 Å². The summed E-state index contributed by atoms with van der Waals surface area (Å²) in [5.74, 6) is 2.58. The highest BCUT2D eigenvalue weighted by Crippen LogP contribution is 2.68. The van der Waals surface area contributed by atoms with Crippen LogP contribution >= 0.6 is 0 Å². The number of Topliss-reactive ketones (excluding diaryl/α,β-unsaturated/α-hetero) is 2. The van der Waals surface area contributed by atoms with Gasteiger partial charge in [0, 0.05) is 11.5 Å². The van der Waals surface area contributed by atoms with Crippen LogP contribution in [-0.2, 0) is 10.4 Å². The van der Waals surface area contributed by atoms with Crippen LogP contribution < -0.4 is 0 Å². The van der Waals surface area contributed by atoms with E-state index in [1.165, 1.54) is 12.8 Å². The van der Waals surface area contributed by atoms with E-state index in [0.717, 1.165) is 50.5 Å². The number of carbonyl (C=O) groups is 2. The first-order chi connectivity index (χ1) is 15.6. The number of fused-ring (bicyclic) bond motifs is 5. The lowest BCUT2D eigenvalue weighted by molar-refractivity contribution is -0.156. The maximum Gasteiger partial charge on any atom is 0.161 e. The summed E-state index contributed by atoms with van der Waals surface area (Å²) in [6.45, 7) is 6.08. The fraction of sp³-hybridized carbons (Fsp3) is 0.724. The Bertz CT molecular complexity index is 937. The van der Waals surface area contributed by atoms with E-state index in [1.54, 1.807) is 6.92 Å². The molecule has 0 heterocycles. The second-order valence-corrected chi connectivity index (χ2v) is 12.3. The van der Waals surface area contributed by atoms with E-state index in [0.29, 0.717) is 29.2 Å². The molecule has 4 aliphatic rings. The summed E-state index contributed by atoms with van der Waals surface area (Å²) >= 11 is 0. The van der Waals surface area contributed by atoms with E-state index >= 15 is 0 Å². The van der Waals surface area contributed by atoms with Crippen LogP contribution in [0.3, 0.4) is 0 Å². The minimum Gasteiger partial charge on any atom is -0.389 e. The molecule has 0 aliphatic heterocycles. The Morgan fingerprint density at radius 3 is 2.27 bits per heavy atom. The Balaban J connectivity index is 1.36. The van der Waals surface area contributed by atoms with Gasteiger partial charge in [0.25, 0.3) is 0 Å². The van der Waals surface area contributed by atoms with Crippen LogP contribution in [0, 0.1) is 40.4 Å². The van der Waals surface area contributed by atoms with Gasteiger partial charge in [-0.15, -0.1) is 0 Å². The van der Waals surface area contributed by atoms with Crippen molar-refractivity contribution in [3.63, 3.8) is 0 Å². The molecule has 0 unspecified atom stereocenters. The molecule has 4 nitrogen and oxygen atoms in total. The number of hydrogen-bond donors (Lipinski definition) is 2. The van der Waals surface area contributed by atoms with Gasteiger partial charge in [-0.05, 0) is 105 Å². The second kappa shape index (κ2) is 8.02. The highest BCUT2D eigenvalue weighted by Gasteiger charge is 2.62. The maximum absolute atomic E-state index is 12.5. The van der Waals surface area contributed by atoms with Crippen LogP contribution in [0.1, 0.15) is 94.5 Å². The molecule has 1 aromatic rings. The van der Waals surface area contributed by atoms with Gasteiger partial charge in [-0.25, -0.2) is 0 Å². The van der Waals surface area contributed by atoms with Crippen molar-refractivity contribution in [1.29, 1.82) is 0 Å². The molecule has 0 bridgehead atoms. The van der Waals surface area contributed by atoms with Crippen molar-refractivity contribution in [3.8, 4) is 0 Å². The first-order valence-corrected chi connectivity index (χ1v) is 13.1. The van der Waals surface area contributed by atoms with Gasteiger partial charge < -0.3 is 10.2 Å². The lowest BCUT2D eigenvalue weighted by Crippen LogP contribution is -2.55. The van der Waals surface area contributed by atoms with Crippen molar-refractivity contribution in [2.45, 2.75) is 84.2 Å². The third kappa shape index (κ3) is 3.46. The molecule has 33 heavy (non-hydrogen) atoms. The fourth-order valence-electron chi connectivity index (χ4n) is 9.16. The zero-order valence-corrected chi connectivity index (χ0v) is 20.5. The smallest absolute Gasteiger partial charge is 0.161 e. The molecule has 4 heteroatoms. The van der Waals surface area contributed by atoms with Crippen LogP contribution in [0.5, 0.6) is 0 Å². The van der Waals surface area contributed by atoms with Crippen molar-refractivity contribution in [1.82, 2.24) is 0 Å². The number of rotatable bonds is 4. The van der Waals surface area contributed by atoms with Gasteiger partial charge in [0.1, 0.15) is 6.61 Å². The Morgan fingerprint density at radius 2 is 1.61 bits per heavy atom. The zero-order valence-electron chi connectivity index (χ0n) is 20.5. The molecule has 0 saturated heterocycles. The van der Waals surface area contributed by atoms with Gasteiger partial charge in [0.2, 0.25) is 0 Å². The van der Waals surface area contributed by atoms with Crippen molar-refractivity contribution in [3.05, 3.63) is 35.4 Å². The molecule has 180 valence electrons. The normalized spacial score (nSPS) is 44.5. The van der Waals surface area contributed by atoms with Crippen molar-refractivity contribution in [2.75, 3.05) is 6.61 Å². The Labute approximate surface area is 198 Å². The highest BCUT2D eigenvalue weighted by molar-refractivity contribution is 5.94. The molecule has 4 fully saturated rings. The molecule has 4 aliphatic carbocycles. The molecule has 2 N–H and O–H groups in total. The highest BCUT2D eigenvalue weighted by atomic mass is 16.3. The summed E-state index contributed by atoms with van der Waals surface area (Å²) in [5.41, 5.74) is 1.14. The van der Waals surface area contributed by atoms with Crippen LogP contribution in [0.2, 0.25) is 0 Å². The molecule has 8 atom stereocenters. The van der Waals surface area contributed by atoms with E-state index in [2.05, 4.69) is 13.8 Å². The van der Waals surface area contributed by atoms with Crippen LogP contribution in [0.4, 0.5) is 0 Å². The molecule has 4 saturated carbocycles. The Kier molecular flexibility index (Phi) is 5.64. The lowest BCUT2D eigenvalue weighted by Gasteiger charge is -2.62. The standard InChI is InChI=1S/C29H40O4/c1-18(31)19-4-6-20(7-5-19)29(33)15-14-27(2)21(16-29)8-9-22-23-10-11-25(26(32)17-30)28(23,3)13-12-24(22)27/h4-7,21-25,30,33H,8-17H2,1-3H3/t21-,22+,23+,24+,25-,27+,28+,29-/m1/s1. The van der Waals surface area contributed by atoms with Crippen molar-refractivity contribution >= 4 is 11.6 Å².